The molecule has 0 spiro atoms. The van der Waals surface area contributed by atoms with Crippen LogP contribution in [0.1, 0.15) is 22.9 Å². The minimum absolute atomic E-state index is 0.107. The van der Waals surface area contributed by atoms with E-state index in [1.54, 1.807) is 31.2 Å². The average molecular weight is 457 g/mol. The number of aliphatic hydroxyl groups is 1. The van der Waals surface area contributed by atoms with Gasteiger partial charge in [-0.25, -0.2) is 4.39 Å². The van der Waals surface area contributed by atoms with Crippen molar-refractivity contribution in [2.24, 2.45) is 0 Å². The van der Waals surface area contributed by atoms with Crippen molar-refractivity contribution in [2.75, 3.05) is 4.90 Å². The van der Waals surface area contributed by atoms with Crippen LogP contribution in [0.25, 0.3) is 5.76 Å². The van der Waals surface area contributed by atoms with Gasteiger partial charge in [-0.05, 0) is 48.9 Å². The highest BCUT2D eigenvalue weighted by Gasteiger charge is 2.48. The summed E-state index contributed by atoms with van der Waals surface area (Å²) in [5.74, 6) is -1.94. The van der Waals surface area contributed by atoms with Crippen LogP contribution >= 0.6 is 15.9 Å². The molecule has 0 saturated carbocycles. The predicted octanol–water partition coefficient (Wildman–Crippen LogP) is 4.51. The SMILES string of the molecule is Cc1cc(N2C(=O)C(=O)/C(=C(\O)c3ccc(F)cc3)C2c2ccc(Br)cc2)no1. The molecular weight excluding hydrogens is 443 g/mol. The van der Waals surface area contributed by atoms with Crippen molar-refractivity contribution in [1.82, 2.24) is 5.16 Å². The number of anilines is 1. The number of aliphatic hydroxyl groups excluding tert-OH is 1. The quantitative estimate of drug-likeness (QED) is 0.356. The van der Waals surface area contributed by atoms with Gasteiger partial charge in [0.1, 0.15) is 17.3 Å². The Hall–Kier alpha value is -3.26. The number of aryl methyl sites for hydroxylation is 1. The van der Waals surface area contributed by atoms with Crippen molar-refractivity contribution in [3.8, 4) is 0 Å². The largest absolute Gasteiger partial charge is 0.507 e. The number of ketones is 1. The summed E-state index contributed by atoms with van der Waals surface area (Å²) < 4.78 is 19.2. The molecule has 0 bridgehead atoms. The number of hydrogen-bond acceptors (Lipinski definition) is 5. The van der Waals surface area contributed by atoms with E-state index in [0.717, 1.165) is 4.47 Å². The lowest BCUT2D eigenvalue weighted by Gasteiger charge is -2.22. The lowest BCUT2D eigenvalue weighted by molar-refractivity contribution is -0.132. The number of nitrogens with zero attached hydrogens (tertiary/aromatic N) is 2. The second-order valence-corrected chi connectivity index (χ2v) is 7.44. The number of rotatable bonds is 3. The van der Waals surface area contributed by atoms with Gasteiger partial charge in [0, 0.05) is 16.1 Å². The summed E-state index contributed by atoms with van der Waals surface area (Å²) in [6, 6.07) is 12.6. The second kappa shape index (κ2) is 7.29. The summed E-state index contributed by atoms with van der Waals surface area (Å²) in [7, 11) is 0. The first kappa shape index (κ1) is 19.1. The van der Waals surface area contributed by atoms with E-state index in [4.69, 9.17) is 4.52 Å². The van der Waals surface area contributed by atoms with Crippen molar-refractivity contribution in [1.29, 1.82) is 0 Å². The normalized spacial score (nSPS) is 18.4. The van der Waals surface area contributed by atoms with Crippen LogP contribution in [0.15, 0.2) is 69.2 Å². The van der Waals surface area contributed by atoms with E-state index in [1.165, 1.54) is 35.2 Å². The predicted molar refractivity (Wildman–Crippen MR) is 107 cm³/mol. The van der Waals surface area contributed by atoms with Gasteiger partial charge >= 0.3 is 5.91 Å². The van der Waals surface area contributed by atoms with Crippen molar-refractivity contribution < 1.29 is 23.6 Å². The van der Waals surface area contributed by atoms with Gasteiger partial charge in [0.2, 0.25) is 0 Å². The first-order valence-corrected chi connectivity index (χ1v) is 9.42. The van der Waals surface area contributed by atoms with Gasteiger partial charge < -0.3 is 9.63 Å². The molecule has 1 amide bonds. The Morgan fingerprint density at radius 3 is 2.38 bits per heavy atom. The summed E-state index contributed by atoms with van der Waals surface area (Å²) >= 11 is 3.36. The zero-order chi connectivity index (χ0) is 20.7. The first-order valence-electron chi connectivity index (χ1n) is 8.62. The fourth-order valence-electron chi connectivity index (χ4n) is 3.26. The van der Waals surface area contributed by atoms with Crippen LogP contribution in [-0.2, 0) is 9.59 Å². The van der Waals surface area contributed by atoms with E-state index in [-0.39, 0.29) is 22.7 Å². The average Bonchev–Trinajstić information content (AvgIpc) is 3.24. The molecule has 29 heavy (non-hydrogen) atoms. The van der Waals surface area contributed by atoms with Crippen LogP contribution < -0.4 is 4.90 Å². The highest BCUT2D eigenvalue weighted by atomic mass is 79.9. The number of Topliss-reactive ketones (excluding diaryl/α,β-unsaturated/α-hetero) is 1. The molecule has 1 fully saturated rings. The van der Waals surface area contributed by atoms with Crippen LogP contribution in [0.3, 0.4) is 0 Å². The van der Waals surface area contributed by atoms with Crippen molar-refractivity contribution in [3.63, 3.8) is 0 Å². The Morgan fingerprint density at radius 2 is 1.79 bits per heavy atom. The molecule has 6 nitrogen and oxygen atoms in total. The maximum atomic E-state index is 13.3. The summed E-state index contributed by atoms with van der Waals surface area (Å²) in [5, 5.41) is 14.7. The van der Waals surface area contributed by atoms with Gasteiger partial charge in [0.05, 0.1) is 11.6 Å². The van der Waals surface area contributed by atoms with Crippen LogP contribution in [0.4, 0.5) is 10.2 Å². The molecule has 1 aliphatic heterocycles. The lowest BCUT2D eigenvalue weighted by atomic mass is 9.95. The Morgan fingerprint density at radius 1 is 1.14 bits per heavy atom. The smallest absolute Gasteiger partial charge is 0.301 e. The molecule has 3 aromatic rings. The molecule has 1 atom stereocenters. The number of hydrogen-bond donors (Lipinski definition) is 1. The Balaban J connectivity index is 1.93. The Labute approximate surface area is 173 Å². The summed E-state index contributed by atoms with van der Waals surface area (Å²) in [5.41, 5.74) is 0.712. The number of amides is 1. The molecule has 0 aliphatic carbocycles. The molecular formula is C21H14BrFN2O4. The number of halogens is 2. The van der Waals surface area contributed by atoms with Gasteiger partial charge in [-0.1, -0.05) is 33.2 Å². The highest BCUT2D eigenvalue weighted by Crippen LogP contribution is 2.42. The highest BCUT2D eigenvalue weighted by molar-refractivity contribution is 9.10. The van der Waals surface area contributed by atoms with Gasteiger partial charge in [-0.15, -0.1) is 0 Å². The topological polar surface area (TPSA) is 83.6 Å². The van der Waals surface area contributed by atoms with Crippen molar-refractivity contribution in [3.05, 3.63) is 87.3 Å². The maximum Gasteiger partial charge on any atom is 0.301 e. The summed E-state index contributed by atoms with van der Waals surface area (Å²) in [6.07, 6.45) is 0. The third kappa shape index (κ3) is 3.36. The van der Waals surface area contributed by atoms with Gasteiger partial charge in [0.15, 0.2) is 5.82 Å². The summed E-state index contributed by atoms with van der Waals surface area (Å²) in [6.45, 7) is 1.67. The molecule has 1 unspecified atom stereocenters. The number of carbonyl (C=O) groups excluding carboxylic acids is 2. The maximum absolute atomic E-state index is 13.3. The first-order chi connectivity index (χ1) is 13.9. The van der Waals surface area contributed by atoms with E-state index in [1.807, 2.05) is 0 Å². The molecule has 1 N–H and O–H groups in total. The van der Waals surface area contributed by atoms with Crippen LogP contribution in [0, 0.1) is 12.7 Å². The van der Waals surface area contributed by atoms with Gasteiger partial charge in [0.25, 0.3) is 5.78 Å². The molecule has 4 rings (SSSR count). The molecule has 2 heterocycles. The van der Waals surface area contributed by atoms with Crippen LogP contribution in [0.2, 0.25) is 0 Å². The number of carbonyl (C=O) groups is 2. The van der Waals surface area contributed by atoms with Crippen molar-refractivity contribution in [2.45, 2.75) is 13.0 Å². The summed E-state index contributed by atoms with van der Waals surface area (Å²) in [4.78, 5) is 26.9. The van der Waals surface area contributed by atoms with Crippen LogP contribution in [0.5, 0.6) is 0 Å². The van der Waals surface area contributed by atoms with Gasteiger partial charge in [-0.2, -0.15) is 0 Å². The number of benzene rings is 2. The Bertz CT molecular complexity index is 1140. The molecule has 2 aromatic carbocycles. The molecule has 1 saturated heterocycles. The third-order valence-corrected chi connectivity index (χ3v) is 5.14. The van der Waals surface area contributed by atoms with Crippen LogP contribution in [-0.4, -0.2) is 22.0 Å². The monoisotopic (exact) mass is 456 g/mol. The van der Waals surface area contributed by atoms with E-state index in [2.05, 4.69) is 21.1 Å². The van der Waals surface area contributed by atoms with Gasteiger partial charge in [-0.3, -0.25) is 14.5 Å². The fourth-order valence-corrected chi connectivity index (χ4v) is 3.52. The minimum Gasteiger partial charge on any atom is -0.507 e. The van der Waals surface area contributed by atoms with E-state index in [9.17, 15) is 19.1 Å². The fraction of sp³-hybridized carbons (Fsp3) is 0.0952. The Kier molecular flexibility index (Phi) is 4.79. The zero-order valence-electron chi connectivity index (χ0n) is 15.1. The van der Waals surface area contributed by atoms with E-state index >= 15 is 0 Å². The molecule has 8 heteroatoms. The number of aromatic nitrogens is 1. The second-order valence-electron chi connectivity index (χ2n) is 6.52. The van der Waals surface area contributed by atoms with E-state index < -0.39 is 23.5 Å². The molecule has 0 radical (unpaired) electrons. The standard InChI is InChI=1S/C21H14BrFN2O4/c1-11-10-16(24-29-11)25-18(12-2-6-14(22)7-3-12)17(20(27)21(25)28)19(26)13-4-8-15(23)9-5-13/h2-10,18,26H,1H3/b19-17-. The lowest BCUT2D eigenvalue weighted by Crippen LogP contribution is -2.29. The molecule has 146 valence electrons. The molecule has 1 aliphatic rings. The van der Waals surface area contributed by atoms with Crippen molar-refractivity contribution >= 4 is 39.2 Å². The van der Waals surface area contributed by atoms with E-state index in [0.29, 0.717) is 11.3 Å². The third-order valence-electron chi connectivity index (χ3n) is 4.61. The zero-order valence-corrected chi connectivity index (χ0v) is 16.7. The minimum atomic E-state index is -0.919. The molecule has 1 aromatic heterocycles.